The number of nitrogens with zero attached hydrogens (tertiary/aromatic N) is 2. The second kappa shape index (κ2) is 8.40. The maximum atomic E-state index is 10.5. The van der Waals surface area contributed by atoms with Gasteiger partial charge in [-0.15, -0.1) is 0 Å². The Labute approximate surface area is 124 Å². The summed E-state index contributed by atoms with van der Waals surface area (Å²) in [5.74, 6) is 0.224. The molecule has 0 aliphatic carbocycles. The van der Waals surface area contributed by atoms with Crippen molar-refractivity contribution < 1.29 is 5.11 Å². The first-order valence-corrected chi connectivity index (χ1v) is 7.57. The first-order valence-electron chi connectivity index (χ1n) is 7.57. The van der Waals surface area contributed by atoms with Crippen LogP contribution in [0, 0.1) is 5.92 Å². The topological polar surface area (TPSA) is 26.7 Å². The zero-order valence-electron chi connectivity index (χ0n) is 13.6. The zero-order valence-corrected chi connectivity index (χ0v) is 13.6. The summed E-state index contributed by atoms with van der Waals surface area (Å²) >= 11 is 0. The molecule has 0 bridgehead atoms. The van der Waals surface area contributed by atoms with Crippen LogP contribution in [0.1, 0.15) is 32.4 Å². The van der Waals surface area contributed by atoms with Gasteiger partial charge >= 0.3 is 0 Å². The summed E-state index contributed by atoms with van der Waals surface area (Å²) in [4.78, 5) is 4.66. The molecule has 1 rings (SSSR count). The Morgan fingerprint density at radius 2 is 1.65 bits per heavy atom. The Bertz CT molecular complexity index is 367. The fourth-order valence-corrected chi connectivity index (χ4v) is 2.71. The minimum atomic E-state index is -0.392. The fourth-order valence-electron chi connectivity index (χ4n) is 2.71. The lowest BCUT2D eigenvalue weighted by Crippen LogP contribution is -2.42. The Kier molecular flexibility index (Phi) is 7.20. The van der Waals surface area contributed by atoms with Gasteiger partial charge in [0.25, 0.3) is 0 Å². The van der Waals surface area contributed by atoms with Gasteiger partial charge < -0.3 is 10.0 Å². The molecule has 20 heavy (non-hydrogen) atoms. The molecule has 0 saturated heterocycles. The average Bonchev–Trinajstić information content (AvgIpc) is 2.43. The summed E-state index contributed by atoms with van der Waals surface area (Å²) < 4.78 is 0. The van der Waals surface area contributed by atoms with Gasteiger partial charge in [-0.3, -0.25) is 4.90 Å². The van der Waals surface area contributed by atoms with Crippen LogP contribution in [0.3, 0.4) is 0 Å². The zero-order chi connectivity index (χ0) is 15.1. The summed E-state index contributed by atoms with van der Waals surface area (Å²) in [6.45, 7) is 9.55. The van der Waals surface area contributed by atoms with Crippen molar-refractivity contribution in [2.45, 2.75) is 32.9 Å². The summed E-state index contributed by atoms with van der Waals surface area (Å²) in [5, 5.41) is 10.5. The average molecular weight is 278 g/mol. The predicted octanol–water partition coefficient (Wildman–Crippen LogP) is 2.63. The summed E-state index contributed by atoms with van der Waals surface area (Å²) in [5.41, 5.74) is 1.01. The van der Waals surface area contributed by atoms with Crippen molar-refractivity contribution >= 4 is 0 Å². The molecule has 0 aliphatic rings. The molecule has 0 saturated carbocycles. The summed E-state index contributed by atoms with van der Waals surface area (Å²) in [7, 11) is 4.21. The van der Waals surface area contributed by atoms with Crippen LogP contribution in [0.4, 0.5) is 0 Å². The smallest absolute Gasteiger partial charge is 0.0827 e. The molecule has 3 nitrogen and oxygen atoms in total. The molecular weight excluding hydrogens is 248 g/mol. The maximum absolute atomic E-state index is 10.5. The van der Waals surface area contributed by atoms with E-state index in [1.54, 1.807) is 0 Å². The first-order chi connectivity index (χ1) is 9.45. The van der Waals surface area contributed by atoms with Crippen molar-refractivity contribution in [2.75, 3.05) is 33.7 Å². The summed E-state index contributed by atoms with van der Waals surface area (Å²) in [6, 6.07) is 10.5. The van der Waals surface area contributed by atoms with E-state index in [4.69, 9.17) is 0 Å². The van der Waals surface area contributed by atoms with Crippen LogP contribution in [-0.4, -0.2) is 54.7 Å². The van der Waals surface area contributed by atoms with Crippen LogP contribution in [0.2, 0.25) is 0 Å². The quantitative estimate of drug-likeness (QED) is 0.792. The standard InChI is InChI=1S/C17H30N2O/c1-6-19(15(3)13-18(4)5)12-14(2)17(20)16-10-8-7-9-11-16/h7-11,14-15,17,20H,6,12-13H2,1-5H3. The molecular formula is C17H30N2O. The Balaban J connectivity index is 2.60. The molecule has 0 radical (unpaired) electrons. The van der Waals surface area contributed by atoms with E-state index >= 15 is 0 Å². The van der Waals surface area contributed by atoms with Gasteiger partial charge in [-0.05, 0) is 39.0 Å². The van der Waals surface area contributed by atoms with Crippen molar-refractivity contribution in [2.24, 2.45) is 5.92 Å². The van der Waals surface area contributed by atoms with Crippen molar-refractivity contribution in [3.05, 3.63) is 35.9 Å². The Morgan fingerprint density at radius 3 is 2.15 bits per heavy atom. The SMILES string of the molecule is CCN(CC(C)C(O)c1ccccc1)C(C)CN(C)C. The highest BCUT2D eigenvalue weighted by Gasteiger charge is 2.21. The van der Waals surface area contributed by atoms with E-state index in [1.165, 1.54) is 0 Å². The molecule has 0 aliphatic heterocycles. The first kappa shape index (κ1) is 17.2. The highest BCUT2D eigenvalue weighted by atomic mass is 16.3. The van der Waals surface area contributed by atoms with E-state index in [9.17, 15) is 5.11 Å². The van der Waals surface area contributed by atoms with Crippen molar-refractivity contribution in [3.63, 3.8) is 0 Å². The van der Waals surface area contributed by atoms with Gasteiger partial charge in [0.1, 0.15) is 0 Å². The molecule has 1 aromatic carbocycles. The maximum Gasteiger partial charge on any atom is 0.0827 e. The number of hydrogen-bond donors (Lipinski definition) is 1. The highest BCUT2D eigenvalue weighted by Crippen LogP contribution is 2.22. The van der Waals surface area contributed by atoms with Gasteiger partial charge in [0, 0.05) is 19.1 Å². The van der Waals surface area contributed by atoms with Crippen LogP contribution in [0.5, 0.6) is 0 Å². The van der Waals surface area contributed by atoms with Gasteiger partial charge in [0.05, 0.1) is 6.10 Å². The van der Waals surface area contributed by atoms with Gasteiger partial charge in [-0.1, -0.05) is 44.2 Å². The van der Waals surface area contributed by atoms with Crippen LogP contribution in [0.15, 0.2) is 30.3 Å². The molecule has 3 heteroatoms. The lowest BCUT2D eigenvalue weighted by molar-refractivity contribution is 0.0729. The number of rotatable bonds is 8. The molecule has 0 heterocycles. The van der Waals surface area contributed by atoms with Crippen LogP contribution in [0.25, 0.3) is 0 Å². The fraction of sp³-hybridized carbons (Fsp3) is 0.647. The monoisotopic (exact) mass is 278 g/mol. The van der Waals surface area contributed by atoms with E-state index < -0.39 is 6.10 Å². The van der Waals surface area contributed by atoms with Gasteiger partial charge in [-0.25, -0.2) is 0 Å². The normalized spacial score (nSPS) is 16.4. The number of benzene rings is 1. The van der Waals surface area contributed by atoms with Crippen molar-refractivity contribution in [3.8, 4) is 0 Å². The Hall–Kier alpha value is -0.900. The van der Waals surface area contributed by atoms with E-state index in [2.05, 4.69) is 44.7 Å². The third-order valence-corrected chi connectivity index (χ3v) is 3.86. The van der Waals surface area contributed by atoms with Crippen molar-refractivity contribution in [1.29, 1.82) is 0 Å². The summed E-state index contributed by atoms with van der Waals surface area (Å²) in [6.07, 6.45) is -0.392. The van der Waals surface area contributed by atoms with E-state index in [1.807, 2.05) is 30.3 Å². The minimum absolute atomic E-state index is 0.224. The van der Waals surface area contributed by atoms with Crippen LogP contribution >= 0.6 is 0 Å². The molecule has 3 unspecified atom stereocenters. The molecule has 0 aromatic heterocycles. The van der Waals surface area contributed by atoms with E-state index in [0.29, 0.717) is 6.04 Å². The largest absolute Gasteiger partial charge is 0.388 e. The Morgan fingerprint density at radius 1 is 1.05 bits per heavy atom. The number of hydrogen-bond acceptors (Lipinski definition) is 3. The molecule has 0 fully saturated rings. The van der Waals surface area contributed by atoms with Crippen LogP contribution in [-0.2, 0) is 0 Å². The van der Waals surface area contributed by atoms with Gasteiger partial charge in [0.2, 0.25) is 0 Å². The number of aliphatic hydroxyl groups excluding tert-OH is 1. The second-order valence-electron chi connectivity index (χ2n) is 6.03. The van der Waals surface area contributed by atoms with Crippen molar-refractivity contribution in [1.82, 2.24) is 9.80 Å². The lowest BCUT2D eigenvalue weighted by atomic mass is 9.96. The molecule has 0 amide bonds. The number of aliphatic hydroxyl groups is 1. The molecule has 1 N–H and O–H groups in total. The predicted molar refractivity (Wildman–Crippen MR) is 85.8 cm³/mol. The third kappa shape index (κ3) is 5.23. The second-order valence-corrected chi connectivity index (χ2v) is 6.03. The molecule has 114 valence electrons. The van der Waals surface area contributed by atoms with Gasteiger partial charge in [0.15, 0.2) is 0 Å². The molecule has 1 aromatic rings. The third-order valence-electron chi connectivity index (χ3n) is 3.86. The number of likely N-dealkylation sites (N-methyl/N-ethyl adjacent to an activating group) is 2. The minimum Gasteiger partial charge on any atom is -0.388 e. The van der Waals surface area contributed by atoms with Crippen LogP contribution < -0.4 is 0 Å². The van der Waals surface area contributed by atoms with E-state index in [0.717, 1.165) is 25.2 Å². The lowest BCUT2D eigenvalue weighted by Gasteiger charge is -2.33. The van der Waals surface area contributed by atoms with Gasteiger partial charge in [-0.2, -0.15) is 0 Å². The molecule has 3 atom stereocenters. The molecule has 0 spiro atoms. The van der Waals surface area contributed by atoms with E-state index in [-0.39, 0.29) is 5.92 Å². The highest BCUT2D eigenvalue weighted by molar-refractivity contribution is 5.17.